The van der Waals surface area contributed by atoms with Crippen molar-refractivity contribution in [3.63, 3.8) is 0 Å². The van der Waals surface area contributed by atoms with Crippen molar-refractivity contribution in [1.82, 2.24) is 5.32 Å². The number of alkyl carbamates (subject to hydrolysis) is 1. The maximum Gasteiger partial charge on any atom is 0.408 e. The zero-order valence-corrected chi connectivity index (χ0v) is 10.8. The fourth-order valence-corrected chi connectivity index (χ4v) is 1.17. The second-order valence-corrected chi connectivity index (χ2v) is 4.58. The van der Waals surface area contributed by atoms with Gasteiger partial charge >= 0.3 is 12.1 Å². The Morgan fingerprint density at radius 1 is 1.38 bits per heavy atom. The molecular weight excluding hydrogens is 234 g/mol. The van der Waals surface area contributed by atoms with E-state index in [0.717, 1.165) is 0 Å². The van der Waals surface area contributed by atoms with Crippen LogP contribution in [0.15, 0.2) is 0 Å². The maximum absolute atomic E-state index is 11.4. The van der Waals surface area contributed by atoms with E-state index in [1.165, 1.54) is 7.11 Å². The molecule has 0 aromatic carbocycles. The number of nitrogens with one attached hydrogen (secondary N) is 1. The van der Waals surface area contributed by atoms with Crippen LogP contribution in [0, 0.1) is 0 Å². The van der Waals surface area contributed by atoms with Gasteiger partial charge in [0.2, 0.25) is 0 Å². The summed E-state index contributed by atoms with van der Waals surface area (Å²) in [5, 5.41) is 2.41. The molecule has 0 aliphatic heterocycles. The van der Waals surface area contributed by atoms with Crippen LogP contribution in [0.5, 0.6) is 0 Å². The molecule has 0 radical (unpaired) electrons. The van der Waals surface area contributed by atoms with Crippen LogP contribution in [0.4, 0.5) is 4.79 Å². The van der Waals surface area contributed by atoms with Gasteiger partial charge in [0.05, 0.1) is 7.11 Å². The minimum Gasteiger partial charge on any atom is -0.467 e. The summed E-state index contributed by atoms with van der Waals surface area (Å²) in [6, 6.07) is -0.766. The number of amides is 1. The summed E-state index contributed by atoms with van der Waals surface area (Å²) in [7, 11) is 1.25. The molecule has 0 saturated heterocycles. The molecule has 16 heavy (non-hydrogen) atoms. The number of ether oxygens (including phenoxy) is 2. The molecule has 1 amide bonds. The zero-order chi connectivity index (χ0) is 12.8. The van der Waals surface area contributed by atoms with Crippen LogP contribution in [0.25, 0.3) is 0 Å². The molecule has 1 atom stereocenters. The highest BCUT2D eigenvalue weighted by Gasteiger charge is 2.24. The predicted octanol–water partition coefficient (Wildman–Crippen LogP) is 1.68. The lowest BCUT2D eigenvalue weighted by Crippen LogP contribution is -2.44. The largest absolute Gasteiger partial charge is 0.467 e. The molecule has 0 aliphatic rings. The predicted molar refractivity (Wildman–Crippen MR) is 60.5 cm³/mol. The van der Waals surface area contributed by atoms with Crippen LogP contribution in [0.1, 0.15) is 27.2 Å². The summed E-state index contributed by atoms with van der Waals surface area (Å²) in [4.78, 5) is 22.6. The van der Waals surface area contributed by atoms with Crippen molar-refractivity contribution in [1.29, 1.82) is 0 Å². The second-order valence-electron chi connectivity index (χ2n) is 4.20. The monoisotopic (exact) mass is 251 g/mol. The van der Waals surface area contributed by atoms with Crippen molar-refractivity contribution in [2.45, 2.75) is 38.8 Å². The van der Waals surface area contributed by atoms with Crippen molar-refractivity contribution < 1.29 is 19.1 Å². The Bertz CT molecular complexity index is 250. The molecule has 0 fully saturated rings. The van der Waals surface area contributed by atoms with E-state index in [9.17, 15) is 9.59 Å². The van der Waals surface area contributed by atoms with Crippen molar-refractivity contribution in [3.8, 4) is 0 Å². The Balaban J connectivity index is 4.29. The van der Waals surface area contributed by atoms with Crippen LogP contribution in [-0.4, -0.2) is 36.7 Å². The molecule has 0 aliphatic carbocycles. The number of alkyl halides is 1. The number of halogens is 1. The standard InChI is InChI=1S/C10H18ClNO4/c1-10(2,3)16-9(14)12-7(5-6-11)8(13)15-4/h7H,5-6H2,1-4H3,(H,12,14)/t7-/m0/s1. The zero-order valence-electron chi connectivity index (χ0n) is 10.0. The van der Waals surface area contributed by atoms with Crippen LogP contribution < -0.4 is 5.32 Å². The Hall–Kier alpha value is -0.970. The van der Waals surface area contributed by atoms with Gasteiger partial charge in [-0.2, -0.15) is 0 Å². The number of carbonyl (C=O) groups is 2. The summed E-state index contributed by atoms with van der Waals surface area (Å²) in [6.07, 6.45) is -0.360. The fraction of sp³-hybridized carbons (Fsp3) is 0.800. The average Bonchev–Trinajstić information content (AvgIpc) is 2.13. The van der Waals surface area contributed by atoms with Crippen molar-refractivity contribution >= 4 is 23.7 Å². The summed E-state index contributed by atoms with van der Waals surface area (Å²) in [5.41, 5.74) is -0.605. The molecular formula is C10H18ClNO4. The normalized spacial score (nSPS) is 12.8. The van der Waals surface area contributed by atoms with E-state index in [1.54, 1.807) is 20.8 Å². The fourth-order valence-electron chi connectivity index (χ4n) is 0.950. The van der Waals surface area contributed by atoms with Crippen LogP contribution in [-0.2, 0) is 14.3 Å². The minimum absolute atomic E-state index is 0.246. The summed E-state index contributed by atoms with van der Waals surface area (Å²) in [6.45, 7) is 5.21. The molecule has 5 nitrogen and oxygen atoms in total. The quantitative estimate of drug-likeness (QED) is 0.610. The number of hydrogen-bond acceptors (Lipinski definition) is 4. The summed E-state index contributed by atoms with van der Waals surface area (Å²) in [5.74, 6) is -0.290. The van der Waals surface area contributed by atoms with Crippen LogP contribution in [0.3, 0.4) is 0 Å². The van der Waals surface area contributed by atoms with Gasteiger partial charge in [0.15, 0.2) is 0 Å². The molecule has 0 aromatic rings. The van der Waals surface area contributed by atoms with Gasteiger partial charge in [0.1, 0.15) is 11.6 Å². The Morgan fingerprint density at radius 3 is 2.31 bits per heavy atom. The topological polar surface area (TPSA) is 64.6 Å². The third kappa shape index (κ3) is 6.50. The molecule has 0 bridgehead atoms. The second kappa shape index (κ2) is 6.58. The number of hydrogen-bond donors (Lipinski definition) is 1. The third-order valence-corrected chi connectivity index (χ3v) is 1.79. The smallest absolute Gasteiger partial charge is 0.408 e. The van der Waals surface area contributed by atoms with Crippen LogP contribution in [0.2, 0.25) is 0 Å². The number of methoxy groups -OCH3 is 1. The van der Waals surface area contributed by atoms with E-state index in [2.05, 4.69) is 10.1 Å². The Kier molecular flexibility index (Phi) is 6.18. The molecule has 0 unspecified atom stereocenters. The highest BCUT2D eigenvalue weighted by atomic mass is 35.5. The maximum atomic E-state index is 11.4. The van der Waals surface area contributed by atoms with Gasteiger partial charge in [-0.1, -0.05) is 0 Å². The van der Waals surface area contributed by atoms with Gasteiger partial charge < -0.3 is 14.8 Å². The SMILES string of the molecule is COC(=O)[C@H](CCCl)NC(=O)OC(C)(C)C. The summed E-state index contributed by atoms with van der Waals surface area (Å²) >= 11 is 5.51. The Labute approximate surface area is 100 Å². The van der Waals surface area contributed by atoms with E-state index >= 15 is 0 Å². The number of rotatable bonds is 4. The summed E-state index contributed by atoms with van der Waals surface area (Å²) < 4.78 is 9.54. The van der Waals surface area contributed by atoms with Crippen molar-refractivity contribution in [3.05, 3.63) is 0 Å². The number of esters is 1. The van der Waals surface area contributed by atoms with Gasteiger partial charge in [0, 0.05) is 5.88 Å². The van der Waals surface area contributed by atoms with Gasteiger partial charge in [-0.3, -0.25) is 0 Å². The molecule has 0 spiro atoms. The molecule has 6 heteroatoms. The first kappa shape index (κ1) is 15.0. The Morgan fingerprint density at radius 2 is 1.94 bits per heavy atom. The van der Waals surface area contributed by atoms with Gasteiger partial charge in [-0.25, -0.2) is 9.59 Å². The van der Waals surface area contributed by atoms with Crippen LogP contribution >= 0.6 is 11.6 Å². The molecule has 0 saturated carbocycles. The minimum atomic E-state index is -0.766. The lowest BCUT2D eigenvalue weighted by Gasteiger charge is -2.22. The first-order valence-corrected chi connectivity index (χ1v) is 5.47. The van der Waals surface area contributed by atoms with E-state index in [1.807, 2.05) is 0 Å². The average molecular weight is 252 g/mol. The van der Waals surface area contributed by atoms with Crippen molar-refractivity contribution in [2.75, 3.05) is 13.0 Å². The van der Waals surface area contributed by atoms with Gasteiger partial charge in [-0.05, 0) is 27.2 Å². The van der Waals surface area contributed by atoms with Gasteiger partial charge in [-0.15, -0.1) is 11.6 Å². The van der Waals surface area contributed by atoms with E-state index < -0.39 is 23.7 Å². The van der Waals surface area contributed by atoms with Gasteiger partial charge in [0.25, 0.3) is 0 Å². The first-order valence-electron chi connectivity index (χ1n) is 4.93. The van der Waals surface area contributed by atoms with E-state index in [4.69, 9.17) is 16.3 Å². The third-order valence-electron chi connectivity index (χ3n) is 1.57. The van der Waals surface area contributed by atoms with E-state index in [0.29, 0.717) is 6.42 Å². The van der Waals surface area contributed by atoms with E-state index in [-0.39, 0.29) is 5.88 Å². The molecule has 0 aromatic heterocycles. The molecule has 94 valence electrons. The highest BCUT2D eigenvalue weighted by molar-refractivity contribution is 6.18. The molecule has 1 N–H and O–H groups in total. The first-order chi connectivity index (χ1) is 7.30. The molecule has 0 heterocycles. The molecule has 0 rings (SSSR count). The highest BCUT2D eigenvalue weighted by Crippen LogP contribution is 2.07. The number of carbonyl (C=O) groups excluding carboxylic acids is 2. The lowest BCUT2D eigenvalue weighted by molar-refractivity contribution is -0.143. The lowest BCUT2D eigenvalue weighted by atomic mass is 10.2. The van der Waals surface area contributed by atoms with Crippen molar-refractivity contribution in [2.24, 2.45) is 0 Å².